The van der Waals surface area contributed by atoms with E-state index in [4.69, 9.17) is 6.85 Å². The van der Waals surface area contributed by atoms with Crippen LogP contribution < -0.4 is 0 Å². The second-order valence-corrected chi connectivity index (χ2v) is 3.57. The van der Waals surface area contributed by atoms with E-state index in [1.54, 1.807) is 24.3 Å². The summed E-state index contributed by atoms with van der Waals surface area (Å²) in [7, 11) is 0. The number of hydrogen-bond acceptors (Lipinski definition) is 2. The van der Waals surface area contributed by atoms with Crippen LogP contribution in [0.4, 0.5) is 0 Å². The van der Waals surface area contributed by atoms with Crippen molar-refractivity contribution in [3.63, 3.8) is 0 Å². The molecule has 70 valence electrons. The molecule has 0 radical (unpaired) electrons. The van der Waals surface area contributed by atoms with Crippen molar-refractivity contribution in [3.8, 4) is 11.3 Å². The summed E-state index contributed by atoms with van der Waals surface area (Å²) in [6.45, 7) is -2.53. The van der Waals surface area contributed by atoms with Crippen molar-refractivity contribution in [3.05, 3.63) is 46.5 Å². The molecule has 2 aromatic rings. The topological polar surface area (TPSA) is 25.8 Å². The first-order chi connectivity index (χ1) is 8.80. The molecule has 0 saturated heterocycles. The quantitative estimate of drug-likeness (QED) is 0.780. The molecular weight excluding hydrogens is 240 g/mol. The van der Waals surface area contributed by atoms with Gasteiger partial charge < -0.3 is 0 Å². The molecule has 1 aromatic carbocycles. The highest BCUT2D eigenvalue weighted by atomic mass is 79.9. The van der Waals surface area contributed by atoms with E-state index in [0.29, 0.717) is 5.56 Å². The minimum absolute atomic E-state index is 0.200. The highest BCUT2D eigenvalue weighted by Gasteiger charge is 1.98. The Kier molecular flexibility index (Phi) is 1.39. The number of hydrogen-bond donors (Lipinski definition) is 0. The summed E-state index contributed by atoms with van der Waals surface area (Å²) in [5.74, 6) is 0. The van der Waals surface area contributed by atoms with Gasteiger partial charge in [-0.2, -0.15) is 10.2 Å². The second-order valence-electron chi connectivity index (χ2n) is 2.65. The summed E-state index contributed by atoms with van der Waals surface area (Å²) in [6, 6.07) is 6.35. The lowest BCUT2D eigenvalue weighted by atomic mass is 10.1. The summed E-state index contributed by atoms with van der Waals surface area (Å²) < 4.78 is 38.2. The molecule has 0 aliphatic rings. The number of rotatable bonds is 1. The number of benzene rings is 1. The molecule has 14 heavy (non-hydrogen) atoms. The van der Waals surface area contributed by atoms with Gasteiger partial charge in [0.1, 0.15) is 0 Å². The number of nitrogens with zero attached hydrogens (tertiary/aromatic N) is 2. The van der Waals surface area contributed by atoms with Crippen LogP contribution in [0.2, 0.25) is 0 Å². The number of halogens is 1. The van der Waals surface area contributed by atoms with Gasteiger partial charge in [-0.3, -0.25) is 0 Å². The monoisotopic (exact) mass is 253 g/mol. The van der Waals surface area contributed by atoms with Gasteiger partial charge in [0.25, 0.3) is 0 Å². The Hall–Kier alpha value is -1.22. The molecule has 2 rings (SSSR count). The van der Waals surface area contributed by atoms with Gasteiger partial charge in [0, 0.05) is 14.1 Å². The summed E-state index contributed by atoms with van der Waals surface area (Å²) in [6.07, 6.45) is 0. The first-order valence-electron chi connectivity index (χ1n) is 6.41. The Morgan fingerprint density at radius 1 is 1.21 bits per heavy atom. The maximum atomic E-state index is 7.86. The van der Waals surface area contributed by atoms with E-state index in [1.807, 2.05) is 0 Å². The van der Waals surface area contributed by atoms with Crippen LogP contribution >= 0.6 is 15.9 Å². The van der Waals surface area contributed by atoms with E-state index in [1.165, 1.54) is 0 Å². The van der Waals surface area contributed by atoms with Crippen LogP contribution in [0.3, 0.4) is 0 Å². The van der Waals surface area contributed by atoms with Gasteiger partial charge in [-0.25, -0.2) is 0 Å². The third kappa shape index (κ3) is 1.99. The second kappa shape index (κ2) is 3.88. The van der Waals surface area contributed by atoms with Crippen molar-refractivity contribution in [1.82, 2.24) is 10.2 Å². The fraction of sp³-hybridized carbons (Fsp3) is 0.0909. The van der Waals surface area contributed by atoms with E-state index in [9.17, 15) is 0 Å². The average molecular weight is 254 g/mol. The van der Waals surface area contributed by atoms with Crippen LogP contribution in [0, 0.1) is 6.85 Å². The van der Waals surface area contributed by atoms with E-state index < -0.39 is 18.6 Å². The van der Waals surface area contributed by atoms with Crippen LogP contribution in [0.1, 0.15) is 12.5 Å². The molecule has 0 bridgehead atoms. The van der Waals surface area contributed by atoms with E-state index >= 15 is 0 Å². The molecule has 3 heteroatoms. The summed E-state index contributed by atoms with van der Waals surface area (Å²) in [4.78, 5) is 0. The van der Waals surface area contributed by atoms with Gasteiger partial charge in [0.05, 0.1) is 14.1 Å². The summed E-state index contributed by atoms with van der Waals surface area (Å²) in [5.41, 5.74) is 0.371. The normalized spacial score (nSPS) is 16.2. The first-order valence-corrected chi connectivity index (χ1v) is 4.70. The van der Waals surface area contributed by atoms with Gasteiger partial charge in [-0.15, -0.1) is 0 Å². The summed E-state index contributed by atoms with van der Waals surface area (Å²) in [5, 5.41) is 7.35. The van der Waals surface area contributed by atoms with Crippen LogP contribution in [0.25, 0.3) is 11.3 Å². The fourth-order valence-electron chi connectivity index (χ4n) is 1.01. The molecule has 0 N–H and O–H groups in total. The van der Waals surface area contributed by atoms with Crippen molar-refractivity contribution >= 4 is 15.9 Å². The molecule has 0 amide bonds. The molecule has 0 saturated carbocycles. The molecular formula is C11H9BrN2. The molecule has 1 aromatic heterocycles. The minimum atomic E-state index is -2.53. The highest BCUT2D eigenvalue weighted by molar-refractivity contribution is 9.10. The Morgan fingerprint density at radius 2 is 2.00 bits per heavy atom. The van der Waals surface area contributed by atoms with Gasteiger partial charge in [0.2, 0.25) is 0 Å². The Labute approximate surface area is 98.2 Å². The lowest BCUT2D eigenvalue weighted by Gasteiger charge is -1.99. The Bertz CT molecular complexity index is 610. The molecule has 0 atom stereocenters. The van der Waals surface area contributed by atoms with Crippen molar-refractivity contribution in [2.24, 2.45) is 0 Å². The van der Waals surface area contributed by atoms with Gasteiger partial charge >= 0.3 is 0 Å². The zero-order chi connectivity index (χ0) is 14.2. The maximum absolute atomic E-state index is 7.86. The smallest absolute Gasteiger partial charge is 0.0929 e. The third-order valence-corrected chi connectivity index (χ3v) is 2.20. The molecule has 0 spiro atoms. The van der Waals surface area contributed by atoms with E-state index in [-0.39, 0.29) is 11.7 Å². The van der Waals surface area contributed by atoms with Crippen LogP contribution in [0.5, 0.6) is 0 Å². The lowest BCUT2D eigenvalue weighted by Crippen LogP contribution is -1.88. The molecule has 2 nitrogen and oxygen atoms in total. The Balaban J connectivity index is 2.56. The average Bonchev–Trinajstić information content (AvgIpc) is 2.32. The van der Waals surface area contributed by atoms with E-state index in [2.05, 4.69) is 26.1 Å². The third-order valence-electron chi connectivity index (χ3n) is 1.67. The zero-order valence-electron chi connectivity index (χ0n) is 12.1. The van der Waals surface area contributed by atoms with Crippen molar-refractivity contribution < 1.29 is 6.85 Å². The SMILES string of the molecule is [2H]c1c(-c2ccc(Br)cc2)nnc(C([2H])([2H])[2H])c1[2H]. The van der Waals surface area contributed by atoms with Gasteiger partial charge in [-0.1, -0.05) is 28.1 Å². The standard InChI is InChI=1S/C11H9BrN2/c1-8-2-7-11(14-13-8)9-3-5-10(12)6-4-9/h2-7H,1H3/i1D3,2D,7D. The number of aryl methyl sites for hydroxylation is 1. The highest BCUT2D eigenvalue weighted by Crippen LogP contribution is 2.18. The van der Waals surface area contributed by atoms with Gasteiger partial charge in [-0.05, 0) is 31.1 Å². The molecule has 0 aliphatic carbocycles. The van der Waals surface area contributed by atoms with Crippen molar-refractivity contribution in [2.75, 3.05) is 0 Å². The fourth-order valence-corrected chi connectivity index (χ4v) is 1.27. The largest absolute Gasteiger partial charge is 0.155 e. The lowest BCUT2D eigenvalue weighted by molar-refractivity contribution is 0.987. The van der Waals surface area contributed by atoms with Crippen molar-refractivity contribution in [1.29, 1.82) is 0 Å². The first kappa shape index (κ1) is 5.03. The van der Waals surface area contributed by atoms with Crippen molar-refractivity contribution in [2.45, 2.75) is 6.85 Å². The predicted octanol–water partition coefficient (Wildman–Crippen LogP) is 3.21. The minimum Gasteiger partial charge on any atom is -0.155 e. The zero-order valence-corrected chi connectivity index (χ0v) is 8.67. The number of aromatic nitrogens is 2. The summed E-state index contributed by atoms with van der Waals surface area (Å²) >= 11 is 3.29. The van der Waals surface area contributed by atoms with Crippen LogP contribution in [0.15, 0.2) is 40.8 Å². The molecule has 0 aliphatic heterocycles. The molecule has 1 heterocycles. The van der Waals surface area contributed by atoms with Crippen LogP contribution in [-0.4, -0.2) is 10.2 Å². The van der Waals surface area contributed by atoms with Gasteiger partial charge in [0.15, 0.2) is 0 Å². The Morgan fingerprint density at radius 3 is 2.71 bits per heavy atom. The predicted molar refractivity (Wildman–Crippen MR) is 59.9 cm³/mol. The van der Waals surface area contributed by atoms with E-state index in [0.717, 1.165) is 4.47 Å². The molecule has 0 unspecified atom stereocenters. The maximum Gasteiger partial charge on any atom is 0.0929 e. The van der Waals surface area contributed by atoms with Crippen LogP contribution in [-0.2, 0) is 0 Å². The molecule has 0 fully saturated rings.